The fourth-order valence-corrected chi connectivity index (χ4v) is 2.12. The van der Waals surface area contributed by atoms with Crippen molar-refractivity contribution in [1.82, 2.24) is 4.98 Å². The topological polar surface area (TPSA) is 12.9 Å². The quantitative estimate of drug-likeness (QED) is 0.674. The fraction of sp³-hybridized carbons (Fsp3) is 0.0714. The Hall–Kier alpha value is -1.67. The molecular formula is C14H15NS. The van der Waals surface area contributed by atoms with Gasteiger partial charge < -0.3 is 0 Å². The van der Waals surface area contributed by atoms with Gasteiger partial charge in [-0.3, -0.25) is 0 Å². The van der Waals surface area contributed by atoms with Crippen molar-refractivity contribution in [3.63, 3.8) is 0 Å². The number of hydrogen-bond donors (Lipinski definition) is 0. The first-order chi connectivity index (χ1) is 7.76. The highest BCUT2D eigenvalue weighted by Gasteiger charge is 2.07. The summed E-state index contributed by atoms with van der Waals surface area (Å²) in [6.07, 6.45) is 11.3. The summed E-state index contributed by atoms with van der Waals surface area (Å²) in [6, 6.07) is 0. The molecule has 82 valence electrons. The van der Waals surface area contributed by atoms with Crippen molar-refractivity contribution < 1.29 is 0 Å². The fourth-order valence-electron chi connectivity index (χ4n) is 1.19. The molecule has 1 aromatic heterocycles. The lowest BCUT2D eigenvalue weighted by Crippen LogP contribution is -1.79. The summed E-state index contributed by atoms with van der Waals surface area (Å²) in [5.74, 6) is 0. The molecule has 1 nitrogen and oxygen atoms in total. The molecule has 0 aliphatic rings. The largest absolute Gasteiger partial charge is 0.236 e. The second-order valence-electron chi connectivity index (χ2n) is 3.03. The van der Waals surface area contributed by atoms with Crippen molar-refractivity contribution in [2.75, 3.05) is 0 Å². The lowest BCUT2D eigenvalue weighted by Gasteiger charge is -1.92. The minimum atomic E-state index is 0.878. The molecule has 1 rings (SSSR count). The van der Waals surface area contributed by atoms with E-state index in [2.05, 4.69) is 24.7 Å². The number of thiazole rings is 1. The van der Waals surface area contributed by atoms with Crippen LogP contribution in [0.1, 0.15) is 22.5 Å². The number of hydrogen-bond acceptors (Lipinski definition) is 2. The van der Waals surface area contributed by atoms with Gasteiger partial charge in [0.15, 0.2) is 0 Å². The summed E-state index contributed by atoms with van der Waals surface area (Å²) in [4.78, 5) is 5.52. The van der Waals surface area contributed by atoms with Gasteiger partial charge in [-0.15, -0.1) is 11.3 Å². The Morgan fingerprint density at radius 1 is 1.25 bits per heavy atom. The summed E-state index contributed by atoms with van der Waals surface area (Å²) >= 11 is 1.59. The Labute approximate surface area is 101 Å². The smallest absolute Gasteiger partial charge is 0.124 e. The van der Waals surface area contributed by atoms with Crippen molar-refractivity contribution in [3.8, 4) is 0 Å². The summed E-state index contributed by atoms with van der Waals surface area (Å²) in [7, 11) is 0. The van der Waals surface area contributed by atoms with E-state index in [9.17, 15) is 0 Å². The zero-order valence-corrected chi connectivity index (χ0v) is 10.3. The Kier molecular flexibility index (Phi) is 4.67. The molecule has 2 heteroatoms. The van der Waals surface area contributed by atoms with Crippen LogP contribution in [0, 0.1) is 0 Å². The molecule has 0 saturated carbocycles. The molecule has 0 amide bonds. The molecule has 0 unspecified atom stereocenters. The first-order valence-electron chi connectivity index (χ1n) is 4.98. The third-order valence-electron chi connectivity index (χ3n) is 1.99. The highest BCUT2D eigenvalue weighted by atomic mass is 32.1. The molecule has 0 N–H and O–H groups in total. The lowest BCUT2D eigenvalue weighted by molar-refractivity contribution is 1.34. The Morgan fingerprint density at radius 3 is 2.44 bits per heavy atom. The van der Waals surface area contributed by atoms with Crippen LogP contribution in [0.25, 0.3) is 17.7 Å². The molecule has 0 aliphatic carbocycles. The summed E-state index contributed by atoms with van der Waals surface area (Å²) in [5.41, 5.74) is 1.89. The third kappa shape index (κ3) is 2.67. The third-order valence-corrected chi connectivity index (χ3v) is 3.11. The van der Waals surface area contributed by atoms with E-state index in [0.29, 0.717) is 0 Å². The van der Waals surface area contributed by atoms with Crippen molar-refractivity contribution in [2.45, 2.75) is 6.92 Å². The predicted octanol–water partition coefficient (Wildman–Crippen LogP) is 4.57. The van der Waals surface area contributed by atoms with Crippen LogP contribution in [0.2, 0.25) is 0 Å². The Bertz CT molecular complexity index is 436. The lowest BCUT2D eigenvalue weighted by atomic mass is 10.2. The van der Waals surface area contributed by atoms with E-state index in [0.717, 1.165) is 21.2 Å². The second kappa shape index (κ2) is 6.03. The SMILES string of the molecule is C=C/C(=C\C=C/C)c1nc(C=C)c(C=C)s1. The summed E-state index contributed by atoms with van der Waals surface area (Å²) in [6.45, 7) is 13.3. The van der Waals surface area contributed by atoms with E-state index < -0.39 is 0 Å². The number of allylic oxidation sites excluding steroid dienone is 5. The highest BCUT2D eigenvalue weighted by Crippen LogP contribution is 2.26. The summed E-state index contributed by atoms with van der Waals surface area (Å²) in [5, 5.41) is 0.943. The molecule has 1 aromatic rings. The van der Waals surface area contributed by atoms with E-state index in [-0.39, 0.29) is 0 Å². The van der Waals surface area contributed by atoms with Gasteiger partial charge in [0.25, 0.3) is 0 Å². The monoisotopic (exact) mass is 229 g/mol. The molecule has 16 heavy (non-hydrogen) atoms. The van der Waals surface area contributed by atoms with Crippen LogP contribution in [0.3, 0.4) is 0 Å². The van der Waals surface area contributed by atoms with Gasteiger partial charge in [-0.25, -0.2) is 4.98 Å². The first kappa shape index (κ1) is 12.4. The van der Waals surface area contributed by atoms with Crippen molar-refractivity contribution in [3.05, 3.63) is 59.6 Å². The van der Waals surface area contributed by atoms with E-state index in [1.807, 2.05) is 25.2 Å². The van der Waals surface area contributed by atoms with Gasteiger partial charge in [0.05, 0.1) is 10.6 Å². The van der Waals surface area contributed by atoms with E-state index in [1.165, 1.54) is 0 Å². The molecule has 0 fully saturated rings. The minimum Gasteiger partial charge on any atom is -0.236 e. The normalized spacial score (nSPS) is 11.7. The van der Waals surface area contributed by atoms with Gasteiger partial charge in [-0.1, -0.05) is 44.0 Å². The highest BCUT2D eigenvalue weighted by molar-refractivity contribution is 7.13. The number of aromatic nitrogens is 1. The zero-order valence-electron chi connectivity index (χ0n) is 9.44. The van der Waals surface area contributed by atoms with Gasteiger partial charge in [0, 0.05) is 5.57 Å². The average molecular weight is 229 g/mol. The van der Waals surface area contributed by atoms with Crippen LogP contribution >= 0.6 is 11.3 Å². The standard InChI is InChI=1S/C14H15NS/c1-5-9-10-11(6-2)14-15-12(7-3)13(8-4)16-14/h5-10H,2-4H2,1H3/b9-5-,11-10+. The second-order valence-corrected chi connectivity index (χ2v) is 4.06. The van der Waals surface area contributed by atoms with Gasteiger partial charge in [-0.2, -0.15) is 0 Å². The molecule has 0 radical (unpaired) electrons. The molecule has 0 bridgehead atoms. The van der Waals surface area contributed by atoms with Gasteiger partial charge >= 0.3 is 0 Å². The van der Waals surface area contributed by atoms with E-state index >= 15 is 0 Å². The maximum atomic E-state index is 4.48. The van der Waals surface area contributed by atoms with Crippen LogP contribution in [0.5, 0.6) is 0 Å². The first-order valence-corrected chi connectivity index (χ1v) is 5.80. The molecule has 0 spiro atoms. The van der Waals surface area contributed by atoms with Crippen LogP contribution in [-0.4, -0.2) is 4.98 Å². The van der Waals surface area contributed by atoms with Gasteiger partial charge in [0.1, 0.15) is 5.01 Å². The molecule has 0 atom stereocenters. The van der Waals surface area contributed by atoms with Gasteiger partial charge in [0.2, 0.25) is 0 Å². The van der Waals surface area contributed by atoms with Gasteiger partial charge in [-0.05, 0) is 19.1 Å². The molecular weight excluding hydrogens is 214 g/mol. The Morgan fingerprint density at radius 2 is 2.00 bits per heavy atom. The number of nitrogens with zero attached hydrogens (tertiary/aromatic N) is 1. The minimum absolute atomic E-state index is 0.878. The predicted molar refractivity (Wildman–Crippen MR) is 75.3 cm³/mol. The zero-order chi connectivity index (χ0) is 12.0. The van der Waals surface area contributed by atoms with Crippen molar-refractivity contribution in [2.24, 2.45) is 0 Å². The van der Waals surface area contributed by atoms with Crippen molar-refractivity contribution >= 4 is 29.1 Å². The van der Waals surface area contributed by atoms with Crippen LogP contribution in [0.15, 0.2) is 44.0 Å². The maximum absolute atomic E-state index is 4.48. The van der Waals surface area contributed by atoms with E-state index in [4.69, 9.17) is 0 Å². The van der Waals surface area contributed by atoms with Crippen LogP contribution in [-0.2, 0) is 0 Å². The summed E-state index contributed by atoms with van der Waals surface area (Å²) < 4.78 is 0. The Balaban J connectivity index is 3.21. The maximum Gasteiger partial charge on any atom is 0.124 e. The van der Waals surface area contributed by atoms with Crippen LogP contribution in [0.4, 0.5) is 0 Å². The molecule has 0 aromatic carbocycles. The molecule has 0 saturated heterocycles. The van der Waals surface area contributed by atoms with Crippen molar-refractivity contribution in [1.29, 1.82) is 0 Å². The van der Waals surface area contributed by atoms with E-state index in [1.54, 1.807) is 29.6 Å². The van der Waals surface area contributed by atoms with Crippen LogP contribution < -0.4 is 0 Å². The number of rotatable bonds is 5. The molecule has 1 heterocycles. The average Bonchev–Trinajstić information content (AvgIpc) is 2.73. The molecule has 0 aliphatic heterocycles.